The molecule has 0 amide bonds. The number of benzene rings is 3. The topological polar surface area (TPSA) is 91.5 Å². The maximum atomic E-state index is 13.4. The molecule has 0 atom stereocenters. The number of H-pyrrole nitrogens is 2. The van der Waals surface area contributed by atoms with Crippen molar-refractivity contribution in [2.75, 3.05) is 0 Å². The first-order chi connectivity index (χ1) is 24.6. The molecule has 3 aliphatic rings. The molecule has 6 heteroatoms. The molecule has 0 unspecified atom stereocenters. The Labute approximate surface area is 287 Å². The zero-order chi connectivity index (χ0) is 33.6. The summed E-state index contributed by atoms with van der Waals surface area (Å²) in [5.74, 6) is -1.14. The lowest BCUT2D eigenvalue weighted by Gasteiger charge is -2.09. The number of aromatic nitrogens is 4. The number of carbonyl (C=O) groups excluding carboxylic acids is 2. The fourth-order valence-electron chi connectivity index (χ4n) is 6.93. The fourth-order valence-corrected chi connectivity index (χ4v) is 6.93. The lowest BCUT2D eigenvalue weighted by atomic mass is 9.94. The highest BCUT2D eigenvalue weighted by molar-refractivity contribution is 6.58. The number of hydrogen-bond acceptors (Lipinski definition) is 4. The minimum Gasteiger partial charge on any atom is -0.354 e. The fraction of sp³-hybridized carbons (Fsp3) is 0. The largest absolute Gasteiger partial charge is 0.354 e. The summed E-state index contributed by atoms with van der Waals surface area (Å²) in [6.07, 6.45) is 12.6. The molecular weight excluding hydrogens is 617 g/mol. The summed E-state index contributed by atoms with van der Waals surface area (Å²) in [5, 5.41) is 0. The van der Waals surface area contributed by atoms with Gasteiger partial charge in [-0.25, -0.2) is 9.97 Å². The number of fused-ring (bicyclic) bond motifs is 8. The molecule has 6 nitrogen and oxygen atoms in total. The minimum absolute atomic E-state index is 0.289. The smallest absolute Gasteiger partial charge is 0.233 e. The molecule has 8 bridgehead atoms. The van der Waals surface area contributed by atoms with E-state index in [4.69, 9.17) is 9.97 Å². The Morgan fingerprint density at radius 1 is 0.400 bits per heavy atom. The van der Waals surface area contributed by atoms with Crippen molar-refractivity contribution < 1.29 is 9.59 Å². The van der Waals surface area contributed by atoms with Crippen LogP contribution < -0.4 is 0 Å². The van der Waals surface area contributed by atoms with E-state index in [2.05, 4.69) is 70.7 Å². The van der Waals surface area contributed by atoms with Gasteiger partial charge in [0.2, 0.25) is 11.6 Å². The molecule has 1 aliphatic carbocycles. The van der Waals surface area contributed by atoms with Gasteiger partial charge in [-0.15, -0.1) is 0 Å². The average molecular weight is 645 g/mol. The number of nitrogens with one attached hydrogen (secondary N) is 2. The third-order valence-electron chi connectivity index (χ3n) is 9.19. The summed E-state index contributed by atoms with van der Waals surface area (Å²) < 4.78 is 0. The molecule has 236 valence electrons. The maximum Gasteiger partial charge on any atom is 0.233 e. The molecule has 2 aliphatic heterocycles. The number of Topliss-reactive ketones (excluding diaryl/α,β-unsaturated/α-hetero) is 1. The number of ketones is 2. The number of aromatic amines is 2. The SMILES string of the molecule is O=C1C=CC=C(c2c3nc(c(-c4ccccc4)c4ccc([nH]4)c(-c4ccccc4)c4nc(c(-c5ccccc5)c5ccc2[nH]5)C=C4)C=C3)C1=O. The van der Waals surface area contributed by atoms with E-state index in [1.54, 1.807) is 12.2 Å². The van der Waals surface area contributed by atoms with Crippen LogP contribution in [-0.2, 0) is 9.59 Å². The number of nitrogens with zero attached hydrogens (tertiary/aromatic N) is 2. The van der Waals surface area contributed by atoms with Crippen LogP contribution in [0.5, 0.6) is 0 Å². The second-order valence-corrected chi connectivity index (χ2v) is 12.2. The quantitative estimate of drug-likeness (QED) is 0.147. The molecule has 6 aromatic rings. The van der Waals surface area contributed by atoms with Crippen molar-refractivity contribution in [2.45, 2.75) is 0 Å². The average Bonchev–Trinajstić information content (AvgIpc) is 3.99. The van der Waals surface area contributed by atoms with Crippen LogP contribution in [0, 0.1) is 0 Å². The summed E-state index contributed by atoms with van der Waals surface area (Å²) in [7, 11) is 0. The van der Waals surface area contributed by atoms with Crippen molar-refractivity contribution in [3.8, 4) is 33.4 Å². The predicted molar refractivity (Wildman–Crippen MR) is 202 cm³/mol. The molecule has 0 saturated carbocycles. The van der Waals surface area contributed by atoms with Gasteiger partial charge in [0, 0.05) is 49.9 Å². The summed E-state index contributed by atoms with van der Waals surface area (Å²) in [6.45, 7) is 0. The zero-order valence-corrected chi connectivity index (χ0v) is 26.7. The van der Waals surface area contributed by atoms with Gasteiger partial charge in [-0.1, -0.05) is 103 Å². The molecule has 3 aromatic heterocycles. The van der Waals surface area contributed by atoms with E-state index in [1.165, 1.54) is 6.08 Å². The Balaban J connectivity index is 1.48. The van der Waals surface area contributed by atoms with Gasteiger partial charge >= 0.3 is 0 Å². The highest BCUT2D eigenvalue weighted by Crippen LogP contribution is 2.37. The Bertz CT molecular complexity index is 2620. The predicted octanol–water partition coefficient (Wildman–Crippen LogP) is 9.75. The maximum absolute atomic E-state index is 13.4. The summed E-state index contributed by atoms with van der Waals surface area (Å²) in [4.78, 5) is 43.9. The Morgan fingerprint density at radius 3 is 1.16 bits per heavy atom. The first kappa shape index (κ1) is 29.2. The van der Waals surface area contributed by atoms with Crippen LogP contribution >= 0.6 is 0 Å². The van der Waals surface area contributed by atoms with Crippen molar-refractivity contribution in [3.05, 3.63) is 162 Å². The first-order valence-electron chi connectivity index (χ1n) is 16.4. The van der Waals surface area contributed by atoms with Gasteiger partial charge in [0.1, 0.15) is 0 Å². The highest BCUT2D eigenvalue weighted by atomic mass is 16.2. The Morgan fingerprint density at radius 2 is 0.760 bits per heavy atom. The van der Waals surface area contributed by atoms with Crippen LogP contribution in [0.25, 0.3) is 85.3 Å². The summed E-state index contributed by atoms with van der Waals surface area (Å²) >= 11 is 0. The highest BCUT2D eigenvalue weighted by Gasteiger charge is 2.25. The lowest BCUT2D eigenvalue weighted by Crippen LogP contribution is -2.16. The number of rotatable bonds is 4. The van der Waals surface area contributed by atoms with E-state index in [9.17, 15) is 9.59 Å². The second kappa shape index (κ2) is 12.0. The normalized spacial score (nSPS) is 13.6. The van der Waals surface area contributed by atoms with Crippen molar-refractivity contribution >= 4 is 63.5 Å². The Hall–Kier alpha value is -6.92. The number of allylic oxidation sites excluding steroid dienone is 4. The molecule has 3 aromatic carbocycles. The van der Waals surface area contributed by atoms with E-state index in [1.807, 2.05) is 78.9 Å². The van der Waals surface area contributed by atoms with Crippen molar-refractivity contribution in [1.29, 1.82) is 0 Å². The van der Waals surface area contributed by atoms with Crippen LogP contribution in [0.15, 0.2) is 133 Å². The van der Waals surface area contributed by atoms with E-state index in [-0.39, 0.29) is 5.57 Å². The molecule has 0 fully saturated rings. The number of carbonyl (C=O) groups is 2. The minimum atomic E-state index is -0.572. The molecule has 9 rings (SSSR count). The molecule has 0 spiro atoms. The van der Waals surface area contributed by atoms with Gasteiger partial charge in [-0.3, -0.25) is 9.59 Å². The molecule has 2 N–H and O–H groups in total. The zero-order valence-electron chi connectivity index (χ0n) is 26.7. The van der Waals surface area contributed by atoms with E-state index in [0.717, 1.165) is 67.0 Å². The van der Waals surface area contributed by atoms with Crippen LogP contribution in [0.1, 0.15) is 28.3 Å². The van der Waals surface area contributed by atoms with Crippen molar-refractivity contribution in [1.82, 2.24) is 19.9 Å². The van der Waals surface area contributed by atoms with Gasteiger partial charge in [0.25, 0.3) is 0 Å². The van der Waals surface area contributed by atoms with E-state index in [0.29, 0.717) is 16.8 Å². The van der Waals surface area contributed by atoms with Crippen LogP contribution in [0.4, 0.5) is 0 Å². The van der Waals surface area contributed by atoms with Gasteiger partial charge in [-0.2, -0.15) is 0 Å². The second-order valence-electron chi connectivity index (χ2n) is 12.2. The van der Waals surface area contributed by atoms with Crippen LogP contribution in [0.2, 0.25) is 0 Å². The summed E-state index contributed by atoms with van der Waals surface area (Å²) in [6, 6.07) is 38.7. The molecule has 5 heterocycles. The van der Waals surface area contributed by atoms with E-state index < -0.39 is 11.6 Å². The molecule has 50 heavy (non-hydrogen) atoms. The standard InChI is InChI=1S/C44H28N4O2/c49-39-18-10-17-30(44(39)50)43-37-25-23-35(47-37)41(28-13-6-2-7-14-28)33-21-19-31(45-33)40(27-11-4-1-5-12-27)32-20-22-34(46-32)42(29-15-8-3-9-16-29)36-24-26-38(43)48-36/h1-26,45,48H. The van der Waals surface area contributed by atoms with Gasteiger partial charge in [0.05, 0.1) is 22.8 Å². The van der Waals surface area contributed by atoms with Crippen molar-refractivity contribution in [2.24, 2.45) is 0 Å². The number of hydrogen-bond donors (Lipinski definition) is 2. The van der Waals surface area contributed by atoms with Crippen LogP contribution in [0.3, 0.4) is 0 Å². The molecule has 0 saturated heterocycles. The Kier molecular flexibility index (Phi) is 6.99. The van der Waals surface area contributed by atoms with Gasteiger partial charge in [-0.05, 0) is 71.3 Å². The van der Waals surface area contributed by atoms with Crippen molar-refractivity contribution in [3.63, 3.8) is 0 Å². The molecule has 0 radical (unpaired) electrons. The molecular formula is C44H28N4O2. The monoisotopic (exact) mass is 644 g/mol. The van der Waals surface area contributed by atoms with Crippen LogP contribution in [-0.4, -0.2) is 31.5 Å². The van der Waals surface area contributed by atoms with E-state index >= 15 is 0 Å². The summed E-state index contributed by atoms with van der Waals surface area (Å²) in [5.41, 5.74) is 12.9. The third kappa shape index (κ3) is 4.98. The first-order valence-corrected chi connectivity index (χ1v) is 16.4. The van der Waals surface area contributed by atoms with Gasteiger partial charge in [0.15, 0.2) is 0 Å². The third-order valence-corrected chi connectivity index (χ3v) is 9.19. The van der Waals surface area contributed by atoms with Gasteiger partial charge < -0.3 is 9.97 Å². The lowest BCUT2D eigenvalue weighted by molar-refractivity contribution is -0.130.